The van der Waals surface area contributed by atoms with Crippen LogP contribution in [0.15, 0.2) is 0 Å². The summed E-state index contributed by atoms with van der Waals surface area (Å²) in [4.78, 5) is 0. The second kappa shape index (κ2) is 5.59. The minimum absolute atomic E-state index is 0.669. The highest BCUT2D eigenvalue weighted by molar-refractivity contribution is 4.71. The average molecular weight is 157 g/mol. The Bertz CT molecular complexity index is 88.9. The second-order valence-electron chi connectivity index (χ2n) is 3.73. The quantitative estimate of drug-likeness (QED) is 0.647. The van der Waals surface area contributed by atoms with Gasteiger partial charge in [-0.05, 0) is 25.7 Å². The van der Waals surface area contributed by atoms with Gasteiger partial charge in [0.25, 0.3) is 0 Å². The fraction of sp³-hybridized carbons (Fsp3) is 1.00. The summed E-state index contributed by atoms with van der Waals surface area (Å²) in [7, 11) is 0. The molecular formula is C10H23N. The van der Waals surface area contributed by atoms with Gasteiger partial charge in [-0.2, -0.15) is 0 Å². The molecule has 0 saturated carbocycles. The van der Waals surface area contributed by atoms with E-state index in [1.165, 1.54) is 12.8 Å². The highest BCUT2D eigenvalue weighted by Crippen LogP contribution is 2.06. The fourth-order valence-electron chi connectivity index (χ4n) is 1.27. The monoisotopic (exact) mass is 157 g/mol. The second-order valence-corrected chi connectivity index (χ2v) is 3.73. The van der Waals surface area contributed by atoms with Gasteiger partial charge in [-0.3, -0.25) is 0 Å². The topological polar surface area (TPSA) is 12.0 Å². The van der Waals surface area contributed by atoms with Gasteiger partial charge in [0.05, 0.1) is 0 Å². The third-order valence-corrected chi connectivity index (χ3v) is 2.36. The van der Waals surface area contributed by atoms with Gasteiger partial charge in [0.2, 0.25) is 0 Å². The van der Waals surface area contributed by atoms with Crippen molar-refractivity contribution in [3.05, 3.63) is 0 Å². The van der Waals surface area contributed by atoms with Gasteiger partial charge in [0, 0.05) is 12.1 Å². The van der Waals surface area contributed by atoms with Crippen molar-refractivity contribution in [1.29, 1.82) is 0 Å². The van der Waals surface area contributed by atoms with Gasteiger partial charge in [-0.1, -0.05) is 27.7 Å². The molecule has 68 valence electrons. The van der Waals surface area contributed by atoms with Crippen molar-refractivity contribution in [2.45, 2.75) is 59.5 Å². The maximum atomic E-state index is 3.62. The van der Waals surface area contributed by atoms with E-state index in [1.807, 2.05) is 0 Å². The molecule has 0 aromatic rings. The SMILES string of the molecule is CCC(C)NC(CC)C(C)C. The van der Waals surface area contributed by atoms with Crippen LogP contribution in [0.4, 0.5) is 0 Å². The molecule has 0 aromatic heterocycles. The summed E-state index contributed by atoms with van der Waals surface area (Å²) in [5, 5.41) is 3.62. The Kier molecular flexibility index (Phi) is 5.57. The first-order chi connectivity index (χ1) is 5.11. The van der Waals surface area contributed by atoms with Crippen molar-refractivity contribution in [3.8, 4) is 0 Å². The Balaban J connectivity index is 3.68. The van der Waals surface area contributed by atoms with E-state index in [2.05, 4.69) is 39.9 Å². The van der Waals surface area contributed by atoms with E-state index in [4.69, 9.17) is 0 Å². The van der Waals surface area contributed by atoms with Crippen molar-refractivity contribution in [2.75, 3.05) is 0 Å². The summed E-state index contributed by atoms with van der Waals surface area (Å²) >= 11 is 0. The van der Waals surface area contributed by atoms with E-state index in [9.17, 15) is 0 Å². The Labute approximate surface area is 71.6 Å². The van der Waals surface area contributed by atoms with Crippen LogP contribution in [0.5, 0.6) is 0 Å². The van der Waals surface area contributed by atoms with E-state index >= 15 is 0 Å². The minimum atomic E-state index is 0.669. The first kappa shape index (κ1) is 11.0. The van der Waals surface area contributed by atoms with E-state index in [0.29, 0.717) is 12.1 Å². The molecule has 0 aliphatic rings. The average Bonchev–Trinajstić information content (AvgIpc) is 1.99. The molecule has 0 aliphatic carbocycles. The highest BCUT2D eigenvalue weighted by atomic mass is 14.9. The molecule has 0 fully saturated rings. The zero-order chi connectivity index (χ0) is 8.85. The lowest BCUT2D eigenvalue weighted by atomic mass is 10.0. The molecule has 0 rings (SSSR count). The molecule has 0 amide bonds. The van der Waals surface area contributed by atoms with Gasteiger partial charge in [-0.15, -0.1) is 0 Å². The summed E-state index contributed by atoms with van der Waals surface area (Å²) < 4.78 is 0. The van der Waals surface area contributed by atoms with Crippen LogP contribution >= 0.6 is 0 Å². The molecule has 0 heterocycles. The normalized spacial score (nSPS) is 16.9. The first-order valence-electron chi connectivity index (χ1n) is 4.87. The van der Waals surface area contributed by atoms with Crippen molar-refractivity contribution in [3.63, 3.8) is 0 Å². The molecule has 11 heavy (non-hydrogen) atoms. The lowest BCUT2D eigenvalue weighted by Crippen LogP contribution is -2.39. The van der Waals surface area contributed by atoms with Crippen molar-refractivity contribution < 1.29 is 0 Å². The highest BCUT2D eigenvalue weighted by Gasteiger charge is 2.11. The molecule has 2 atom stereocenters. The predicted octanol–water partition coefficient (Wildman–Crippen LogP) is 2.81. The molecule has 1 heteroatoms. The molecule has 0 aliphatic heterocycles. The van der Waals surface area contributed by atoms with E-state index in [-0.39, 0.29) is 0 Å². The van der Waals surface area contributed by atoms with Gasteiger partial charge in [0.15, 0.2) is 0 Å². The molecular weight excluding hydrogens is 134 g/mol. The Morgan fingerprint density at radius 3 is 1.82 bits per heavy atom. The number of hydrogen-bond acceptors (Lipinski definition) is 1. The summed E-state index contributed by atoms with van der Waals surface area (Å²) in [6, 6.07) is 1.37. The molecule has 0 aromatic carbocycles. The number of nitrogens with one attached hydrogen (secondary N) is 1. The first-order valence-corrected chi connectivity index (χ1v) is 4.87. The van der Waals surface area contributed by atoms with Crippen LogP contribution in [-0.2, 0) is 0 Å². The Morgan fingerprint density at radius 2 is 1.55 bits per heavy atom. The Hall–Kier alpha value is -0.0400. The summed E-state index contributed by atoms with van der Waals surface area (Å²) in [5.74, 6) is 0.758. The molecule has 2 unspecified atom stereocenters. The summed E-state index contributed by atoms with van der Waals surface area (Å²) in [5.41, 5.74) is 0. The zero-order valence-electron chi connectivity index (χ0n) is 8.65. The minimum Gasteiger partial charge on any atom is -0.311 e. The zero-order valence-corrected chi connectivity index (χ0v) is 8.65. The molecule has 0 bridgehead atoms. The van der Waals surface area contributed by atoms with Gasteiger partial charge >= 0.3 is 0 Å². The van der Waals surface area contributed by atoms with Gasteiger partial charge in [-0.25, -0.2) is 0 Å². The predicted molar refractivity (Wildman–Crippen MR) is 51.8 cm³/mol. The number of rotatable bonds is 5. The van der Waals surface area contributed by atoms with Gasteiger partial charge in [0.1, 0.15) is 0 Å². The Morgan fingerprint density at radius 1 is 1.00 bits per heavy atom. The van der Waals surface area contributed by atoms with E-state index in [1.54, 1.807) is 0 Å². The van der Waals surface area contributed by atoms with Crippen molar-refractivity contribution in [1.82, 2.24) is 5.32 Å². The van der Waals surface area contributed by atoms with E-state index in [0.717, 1.165) is 5.92 Å². The standard InChI is InChI=1S/C10H23N/c1-6-9(5)11-10(7-2)8(3)4/h8-11H,6-7H2,1-5H3. The van der Waals surface area contributed by atoms with Crippen molar-refractivity contribution >= 4 is 0 Å². The third kappa shape index (κ3) is 4.41. The molecule has 0 spiro atoms. The van der Waals surface area contributed by atoms with Crippen LogP contribution in [0.1, 0.15) is 47.5 Å². The molecule has 0 saturated heterocycles. The van der Waals surface area contributed by atoms with Crippen LogP contribution < -0.4 is 5.32 Å². The van der Waals surface area contributed by atoms with Crippen LogP contribution in [0.2, 0.25) is 0 Å². The van der Waals surface area contributed by atoms with Crippen LogP contribution in [-0.4, -0.2) is 12.1 Å². The maximum Gasteiger partial charge on any atom is 0.00899 e. The maximum absolute atomic E-state index is 3.62. The lowest BCUT2D eigenvalue weighted by molar-refractivity contribution is 0.348. The van der Waals surface area contributed by atoms with Crippen molar-refractivity contribution in [2.24, 2.45) is 5.92 Å². The molecule has 1 nitrogen and oxygen atoms in total. The van der Waals surface area contributed by atoms with Crippen LogP contribution in [0, 0.1) is 5.92 Å². The van der Waals surface area contributed by atoms with E-state index < -0.39 is 0 Å². The number of hydrogen-bond donors (Lipinski definition) is 1. The summed E-state index contributed by atoms with van der Waals surface area (Å²) in [6.07, 6.45) is 2.46. The molecule has 0 radical (unpaired) electrons. The fourth-order valence-corrected chi connectivity index (χ4v) is 1.27. The molecule has 1 N–H and O–H groups in total. The smallest absolute Gasteiger partial charge is 0.00899 e. The van der Waals surface area contributed by atoms with Crippen LogP contribution in [0.25, 0.3) is 0 Å². The largest absolute Gasteiger partial charge is 0.311 e. The van der Waals surface area contributed by atoms with Crippen LogP contribution in [0.3, 0.4) is 0 Å². The third-order valence-electron chi connectivity index (χ3n) is 2.36. The van der Waals surface area contributed by atoms with Gasteiger partial charge < -0.3 is 5.32 Å². The lowest BCUT2D eigenvalue weighted by Gasteiger charge is -2.24. The summed E-state index contributed by atoms with van der Waals surface area (Å²) in [6.45, 7) is 11.3.